The highest BCUT2D eigenvalue weighted by atomic mass is 19.1. The Morgan fingerprint density at radius 3 is 2.50 bits per heavy atom. The number of nitrogens with one attached hydrogen (secondary N) is 2. The number of aromatic nitrogens is 2. The average Bonchev–Trinajstić information content (AvgIpc) is 3.35. The molecule has 1 aliphatic rings. The van der Waals surface area contributed by atoms with Crippen molar-refractivity contribution in [2.75, 3.05) is 27.8 Å². The van der Waals surface area contributed by atoms with Crippen LogP contribution in [0.5, 0.6) is 11.5 Å². The van der Waals surface area contributed by atoms with E-state index in [1.165, 1.54) is 34.8 Å². The third-order valence-corrected chi connectivity index (χ3v) is 6.76. The maximum absolute atomic E-state index is 13.2. The molecular weight excluding hydrogens is 493 g/mol. The Morgan fingerprint density at radius 2 is 1.82 bits per heavy atom. The summed E-state index contributed by atoms with van der Waals surface area (Å²) in [5.74, 6) is -0.289. The van der Waals surface area contributed by atoms with Gasteiger partial charge in [-0.05, 0) is 42.7 Å². The normalized spacial score (nSPS) is 16.6. The largest absolute Gasteiger partial charge is 0.497 e. The van der Waals surface area contributed by atoms with Gasteiger partial charge in [0.05, 0.1) is 20.8 Å². The lowest BCUT2D eigenvalue weighted by Gasteiger charge is -2.40. The lowest BCUT2D eigenvalue weighted by molar-refractivity contribution is -0.132. The standard InChI is InChI=1S/C27H30FN5O5/c1-27(26(36)30-15-17-5-8-19(28)9-6-17)16-33-22(25(35)32(27)2)14-21(31-33)24(34)29-12-11-18-7-10-20(37-3)13-23(18)38-4/h5-10,13-14H,11-12,15-16H2,1-4H3,(H,29,34)(H,30,36)/t27-/m0/s1. The molecule has 4 rings (SSSR count). The molecule has 11 heteroatoms. The molecule has 0 radical (unpaired) electrons. The van der Waals surface area contributed by atoms with Gasteiger partial charge >= 0.3 is 0 Å². The first-order chi connectivity index (χ1) is 18.2. The van der Waals surface area contributed by atoms with Gasteiger partial charge in [0.1, 0.15) is 28.5 Å². The van der Waals surface area contributed by atoms with Crippen LogP contribution in [0.4, 0.5) is 4.39 Å². The van der Waals surface area contributed by atoms with Gasteiger partial charge in [0.15, 0.2) is 5.69 Å². The summed E-state index contributed by atoms with van der Waals surface area (Å²) in [7, 11) is 4.68. The van der Waals surface area contributed by atoms with Gasteiger partial charge in [0.25, 0.3) is 11.8 Å². The monoisotopic (exact) mass is 523 g/mol. The van der Waals surface area contributed by atoms with Crippen molar-refractivity contribution < 1.29 is 28.2 Å². The minimum atomic E-state index is -1.24. The topological polar surface area (TPSA) is 115 Å². The number of carbonyl (C=O) groups is 3. The summed E-state index contributed by atoms with van der Waals surface area (Å²) in [5.41, 5.74) is 0.684. The molecule has 2 N–H and O–H groups in total. The van der Waals surface area contributed by atoms with Crippen LogP contribution < -0.4 is 20.1 Å². The average molecular weight is 524 g/mol. The van der Waals surface area contributed by atoms with Gasteiger partial charge in [-0.1, -0.05) is 18.2 Å². The molecular formula is C27H30FN5O5. The maximum atomic E-state index is 13.2. The van der Waals surface area contributed by atoms with Crippen molar-refractivity contribution in [1.29, 1.82) is 0 Å². The summed E-state index contributed by atoms with van der Waals surface area (Å²) in [6.45, 7) is 2.20. The predicted octanol–water partition coefficient (Wildman–Crippen LogP) is 2.17. The molecule has 0 bridgehead atoms. The number of amides is 3. The van der Waals surface area contributed by atoms with E-state index in [0.717, 1.165) is 11.1 Å². The Bertz CT molecular complexity index is 1360. The van der Waals surface area contributed by atoms with Gasteiger partial charge in [-0.15, -0.1) is 0 Å². The van der Waals surface area contributed by atoms with E-state index in [9.17, 15) is 18.8 Å². The van der Waals surface area contributed by atoms with Gasteiger partial charge in [0.2, 0.25) is 5.91 Å². The number of hydrogen-bond donors (Lipinski definition) is 2. The quantitative estimate of drug-likeness (QED) is 0.444. The Morgan fingerprint density at radius 1 is 1.08 bits per heavy atom. The molecule has 0 saturated carbocycles. The molecule has 1 atom stereocenters. The lowest BCUT2D eigenvalue weighted by Crippen LogP contribution is -2.62. The molecule has 3 aromatic rings. The zero-order valence-corrected chi connectivity index (χ0v) is 21.7. The second-order valence-electron chi connectivity index (χ2n) is 9.20. The minimum absolute atomic E-state index is 0.0656. The third-order valence-electron chi connectivity index (χ3n) is 6.76. The summed E-state index contributed by atoms with van der Waals surface area (Å²) >= 11 is 0. The fourth-order valence-corrected chi connectivity index (χ4v) is 4.27. The number of fused-ring (bicyclic) bond motifs is 1. The lowest BCUT2D eigenvalue weighted by atomic mass is 9.96. The van der Waals surface area contributed by atoms with Crippen LogP contribution in [-0.2, 0) is 24.3 Å². The Labute approximate surface area is 219 Å². The minimum Gasteiger partial charge on any atom is -0.497 e. The van der Waals surface area contributed by atoms with Crippen LogP contribution in [0.15, 0.2) is 48.5 Å². The highest BCUT2D eigenvalue weighted by Gasteiger charge is 2.46. The van der Waals surface area contributed by atoms with Crippen molar-refractivity contribution in [1.82, 2.24) is 25.3 Å². The molecule has 2 aromatic carbocycles. The number of halogens is 1. The van der Waals surface area contributed by atoms with Crippen LogP contribution in [0.3, 0.4) is 0 Å². The third kappa shape index (κ3) is 5.31. The van der Waals surface area contributed by atoms with Crippen LogP contribution in [0.1, 0.15) is 39.0 Å². The molecule has 200 valence electrons. The molecule has 10 nitrogen and oxygen atoms in total. The summed E-state index contributed by atoms with van der Waals surface area (Å²) in [5, 5.41) is 9.94. The second kappa shape index (κ2) is 10.9. The molecule has 0 fully saturated rings. The van der Waals surface area contributed by atoms with Crippen LogP contribution in [0.2, 0.25) is 0 Å². The van der Waals surface area contributed by atoms with Gasteiger partial charge in [-0.2, -0.15) is 5.10 Å². The number of carbonyl (C=O) groups excluding carboxylic acids is 3. The van der Waals surface area contributed by atoms with Crippen LogP contribution in [0.25, 0.3) is 0 Å². The highest BCUT2D eigenvalue weighted by molar-refractivity contribution is 6.01. The number of likely N-dealkylation sites (N-methyl/N-ethyl adjacent to an activating group) is 1. The first-order valence-electron chi connectivity index (χ1n) is 12.0. The summed E-state index contributed by atoms with van der Waals surface area (Å²) in [6.07, 6.45) is 0.514. The van der Waals surface area contributed by atoms with E-state index in [2.05, 4.69) is 15.7 Å². The maximum Gasteiger partial charge on any atom is 0.272 e. The summed E-state index contributed by atoms with van der Waals surface area (Å²) < 4.78 is 25.1. The number of benzene rings is 2. The Balaban J connectivity index is 1.41. The van der Waals surface area contributed by atoms with Crippen LogP contribution >= 0.6 is 0 Å². The molecule has 0 aliphatic carbocycles. The van der Waals surface area contributed by atoms with Gasteiger partial charge in [-0.25, -0.2) is 4.39 Å². The molecule has 0 saturated heterocycles. The fraction of sp³-hybridized carbons (Fsp3) is 0.333. The van der Waals surface area contributed by atoms with E-state index >= 15 is 0 Å². The molecule has 0 unspecified atom stereocenters. The molecule has 1 aromatic heterocycles. The Hall–Kier alpha value is -4.41. The summed E-state index contributed by atoms with van der Waals surface area (Å²) in [4.78, 5) is 40.4. The smallest absolute Gasteiger partial charge is 0.272 e. The number of ether oxygens (including phenoxy) is 2. The molecule has 3 amide bonds. The van der Waals surface area contributed by atoms with Crippen molar-refractivity contribution in [3.63, 3.8) is 0 Å². The van der Waals surface area contributed by atoms with Gasteiger partial charge < -0.3 is 25.0 Å². The number of rotatable bonds is 9. The van der Waals surface area contributed by atoms with E-state index < -0.39 is 23.3 Å². The fourth-order valence-electron chi connectivity index (χ4n) is 4.27. The molecule has 2 heterocycles. The zero-order valence-electron chi connectivity index (χ0n) is 21.7. The van der Waals surface area contributed by atoms with Gasteiger partial charge in [-0.3, -0.25) is 19.1 Å². The van der Waals surface area contributed by atoms with Crippen molar-refractivity contribution >= 4 is 17.7 Å². The first-order valence-corrected chi connectivity index (χ1v) is 12.0. The van der Waals surface area contributed by atoms with E-state index in [-0.39, 0.29) is 30.3 Å². The van der Waals surface area contributed by atoms with E-state index in [0.29, 0.717) is 24.5 Å². The molecule has 1 aliphatic heterocycles. The SMILES string of the molecule is COc1ccc(CCNC(=O)c2cc3n(n2)C[C@@](C)(C(=O)NCc2ccc(F)cc2)N(C)C3=O)c(OC)c1. The van der Waals surface area contributed by atoms with Crippen molar-refractivity contribution in [2.24, 2.45) is 0 Å². The second-order valence-corrected chi connectivity index (χ2v) is 9.20. The number of hydrogen-bond acceptors (Lipinski definition) is 6. The molecule has 38 heavy (non-hydrogen) atoms. The van der Waals surface area contributed by atoms with E-state index in [1.807, 2.05) is 12.1 Å². The van der Waals surface area contributed by atoms with E-state index in [1.54, 1.807) is 39.3 Å². The predicted molar refractivity (Wildman–Crippen MR) is 137 cm³/mol. The van der Waals surface area contributed by atoms with Crippen molar-refractivity contribution in [2.45, 2.75) is 32.0 Å². The van der Waals surface area contributed by atoms with Crippen LogP contribution in [0, 0.1) is 5.82 Å². The number of methoxy groups -OCH3 is 2. The summed E-state index contributed by atoms with van der Waals surface area (Å²) in [6, 6.07) is 12.7. The van der Waals surface area contributed by atoms with Gasteiger partial charge in [0, 0.05) is 32.3 Å². The molecule has 0 spiro atoms. The number of nitrogens with zero attached hydrogens (tertiary/aromatic N) is 3. The van der Waals surface area contributed by atoms with Crippen LogP contribution in [-0.4, -0.2) is 65.8 Å². The first kappa shape index (κ1) is 26.6. The van der Waals surface area contributed by atoms with E-state index in [4.69, 9.17) is 9.47 Å². The van der Waals surface area contributed by atoms with Crippen molar-refractivity contribution in [3.05, 3.63) is 76.9 Å². The van der Waals surface area contributed by atoms with Crippen molar-refractivity contribution in [3.8, 4) is 11.5 Å². The zero-order chi connectivity index (χ0) is 27.4. The Kier molecular flexibility index (Phi) is 7.65. The highest BCUT2D eigenvalue weighted by Crippen LogP contribution is 2.27.